The molecule has 1 N–H and O–H groups in total. The molecule has 0 bridgehead atoms. The molecule has 3 rings (SSSR count). The number of nitrogens with zero attached hydrogens (tertiary/aromatic N) is 2. The molecule has 2 aliphatic heterocycles. The molecule has 0 aromatic heterocycles. The summed E-state index contributed by atoms with van der Waals surface area (Å²) >= 11 is 5.81. The van der Waals surface area contributed by atoms with Gasteiger partial charge in [0.2, 0.25) is 0 Å². The average Bonchev–Trinajstić information content (AvgIpc) is 3.02. The lowest BCUT2D eigenvalue weighted by molar-refractivity contribution is 0.173. The van der Waals surface area contributed by atoms with Gasteiger partial charge in [0.15, 0.2) is 0 Å². The summed E-state index contributed by atoms with van der Waals surface area (Å²) < 4.78 is 14.0. The van der Waals surface area contributed by atoms with Gasteiger partial charge in [0.25, 0.3) is 0 Å². The Balaban J connectivity index is 1.47. The third-order valence-corrected chi connectivity index (χ3v) is 5.38. The Bertz CT molecular complexity index is 590. The number of hydrogen-bond donors (Lipinski definition) is 1. The molecule has 2 saturated heterocycles. The van der Waals surface area contributed by atoms with Crippen LogP contribution < -0.4 is 10.2 Å². The largest absolute Gasteiger partial charge is 0.369 e. The van der Waals surface area contributed by atoms with Crippen LogP contribution in [0.15, 0.2) is 18.2 Å². The molecular weight excluding hydrogens is 329 g/mol. The molecule has 6 heteroatoms. The monoisotopic (exact) mass is 353 g/mol. The van der Waals surface area contributed by atoms with Crippen LogP contribution in [0.2, 0.25) is 5.02 Å². The number of rotatable bonds is 3. The summed E-state index contributed by atoms with van der Waals surface area (Å²) in [6, 6.07) is 4.83. The molecular formula is C18H25ClFN3O. The van der Waals surface area contributed by atoms with Crippen molar-refractivity contribution in [2.75, 3.05) is 37.6 Å². The molecule has 1 aromatic carbocycles. The van der Waals surface area contributed by atoms with E-state index in [2.05, 4.69) is 12.2 Å². The van der Waals surface area contributed by atoms with E-state index >= 15 is 0 Å². The second-order valence-corrected chi connectivity index (χ2v) is 7.49. The zero-order valence-electron chi connectivity index (χ0n) is 14.1. The number of carbonyl (C=O) groups excluding carboxylic acids is 1. The first-order valence-electron chi connectivity index (χ1n) is 8.75. The van der Waals surface area contributed by atoms with Crippen LogP contribution in [-0.4, -0.2) is 43.7 Å². The molecule has 2 fully saturated rings. The minimum atomic E-state index is -0.283. The molecule has 0 radical (unpaired) electrons. The highest BCUT2D eigenvalue weighted by atomic mass is 35.5. The molecule has 1 aromatic rings. The van der Waals surface area contributed by atoms with Crippen LogP contribution in [0.3, 0.4) is 0 Å². The van der Waals surface area contributed by atoms with Crippen LogP contribution >= 0.6 is 11.6 Å². The van der Waals surface area contributed by atoms with Gasteiger partial charge >= 0.3 is 6.03 Å². The van der Waals surface area contributed by atoms with E-state index in [0.717, 1.165) is 45.4 Å². The van der Waals surface area contributed by atoms with Crippen LogP contribution in [0.25, 0.3) is 0 Å². The van der Waals surface area contributed by atoms with Gasteiger partial charge in [-0.25, -0.2) is 9.18 Å². The third-order valence-electron chi connectivity index (χ3n) is 5.15. The Kier molecular flexibility index (Phi) is 5.49. The van der Waals surface area contributed by atoms with Gasteiger partial charge in [0, 0.05) is 37.7 Å². The maximum absolute atomic E-state index is 14.0. The quantitative estimate of drug-likeness (QED) is 0.898. The first-order valence-corrected chi connectivity index (χ1v) is 9.13. The summed E-state index contributed by atoms with van der Waals surface area (Å²) in [5.74, 6) is 0.786. The number of amides is 2. The first-order chi connectivity index (χ1) is 11.5. The number of likely N-dealkylation sites (tertiary alicyclic amines) is 1. The smallest absolute Gasteiger partial charge is 0.317 e. The van der Waals surface area contributed by atoms with Crippen molar-refractivity contribution in [3.63, 3.8) is 0 Å². The van der Waals surface area contributed by atoms with Gasteiger partial charge in [-0.05, 0) is 49.3 Å². The van der Waals surface area contributed by atoms with Gasteiger partial charge in [-0.3, -0.25) is 0 Å². The van der Waals surface area contributed by atoms with E-state index in [-0.39, 0.29) is 11.8 Å². The number of anilines is 1. The number of benzene rings is 1. The molecule has 0 spiro atoms. The van der Waals surface area contributed by atoms with Crippen LogP contribution in [0.1, 0.15) is 26.2 Å². The lowest BCUT2D eigenvalue weighted by Crippen LogP contribution is -2.45. The lowest BCUT2D eigenvalue weighted by Gasteiger charge is -2.30. The van der Waals surface area contributed by atoms with Gasteiger partial charge in [0.1, 0.15) is 5.82 Å². The molecule has 1 atom stereocenters. The molecule has 132 valence electrons. The van der Waals surface area contributed by atoms with E-state index in [1.807, 2.05) is 9.80 Å². The second kappa shape index (κ2) is 7.60. The predicted molar refractivity (Wildman–Crippen MR) is 95.1 cm³/mol. The van der Waals surface area contributed by atoms with Crippen molar-refractivity contribution in [1.29, 1.82) is 0 Å². The molecule has 24 heavy (non-hydrogen) atoms. The number of hydrogen-bond acceptors (Lipinski definition) is 2. The highest BCUT2D eigenvalue weighted by Crippen LogP contribution is 2.28. The van der Waals surface area contributed by atoms with Crippen LogP contribution in [0.4, 0.5) is 14.9 Å². The van der Waals surface area contributed by atoms with Crippen molar-refractivity contribution in [2.24, 2.45) is 11.8 Å². The number of halogens is 2. The topological polar surface area (TPSA) is 35.6 Å². The molecule has 2 aliphatic rings. The average molecular weight is 354 g/mol. The Morgan fingerprint density at radius 3 is 2.75 bits per heavy atom. The molecule has 1 unspecified atom stereocenters. The van der Waals surface area contributed by atoms with E-state index in [0.29, 0.717) is 29.1 Å². The zero-order chi connectivity index (χ0) is 17.1. The summed E-state index contributed by atoms with van der Waals surface area (Å²) in [4.78, 5) is 16.2. The minimum Gasteiger partial charge on any atom is -0.369 e. The molecule has 0 saturated carbocycles. The van der Waals surface area contributed by atoms with Crippen LogP contribution in [0, 0.1) is 17.7 Å². The summed E-state index contributed by atoms with van der Waals surface area (Å²) in [5.41, 5.74) is 0.596. The Morgan fingerprint density at radius 1 is 1.29 bits per heavy atom. The fraction of sp³-hybridized carbons (Fsp3) is 0.611. The fourth-order valence-corrected chi connectivity index (χ4v) is 3.67. The van der Waals surface area contributed by atoms with E-state index in [1.54, 1.807) is 12.1 Å². The minimum absolute atomic E-state index is 0.0398. The number of nitrogens with one attached hydrogen (secondary N) is 1. The third kappa shape index (κ3) is 4.12. The van der Waals surface area contributed by atoms with Crippen molar-refractivity contribution < 1.29 is 9.18 Å². The highest BCUT2D eigenvalue weighted by Gasteiger charge is 2.26. The van der Waals surface area contributed by atoms with Gasteiger partial charge < -0.3 is 15.1 Å². The first kappa shape index (κ1) is 17.3. The van der Waals surface area contributed by atoms with Crippen molar-refractivity contribution in [1.82, 2.24) is 10.2 Å². The Labute approximate surface area is 147 Å². The summed E-state index contributed by atoms with van der Waals surface area (Å²) in [5, 5.41) is 3.46. The number of piperidine rings is 1. The van der Waals surface area contributed by atoms with E-state index in [4.69, 9.17) is 11.6 Å². The van der Waals surface area contributed by atoms with Gasteiger partial charge in [-0.1, -0.05) is 18.5 Å². The molecule has 0 aliphatic carbocycles. The van der Waals surface area contributed by atoms with E-state index in [1.165, 1.54) is 6.07 Å². The standard InChI is InChI=1S/C18H25ClFN3O/c1-13-4-7-22(8-5-13)18(24)21-11-14-6-9-23(12-14)17-3-2-15(19)10-16(17)20/h2-3,10,13-14H,4-9,11-12H2,1H3,(H,21,24). The fourth-order valence-electron chi connectivity index (χ4n) is 3.51. The molecule has 2 amide bonds. The SMILES string of the molecule is CC1CCN(C(=O)NCC2CCN(c3ccc(Cl)cc3F)C2)CC1. The normalized spacial score (nSPS) is 22.0. The van der Waals surface area contributed by atoms with Crippen molar-refractivity contribution >= 4 is 23.3 Å². The Hall–Kier alpha value is -1.49. The maximum Gasteiger partial charge on any atom is 0.317 e. The Morgan fingerprint density at radius 2 is 2.04 bits per heavy atom. The van der Waals surface area contributed by atoms with E-state index in [9.17, 15) is 9.18 Å². The summed E-state index contributed by atoms with van der Waals surface area (Å²) in [6.45, 7) is 6.14. The summed E-state index contributed by atoms with van der Waals surface area (Å²) in [7, 11) is 0. The van der Waals surface area contributed by atoms with Gasteiger partial charge in [0.05, 0.1) is 5.69 Å². The van der Waals surface area contributed by atoms with E-state index < -0.39 is 0 Å². The number of carbonyl (C=O) groups is 1. The van der Waals surface area contributed by atoms with Crippen molar-refractivity contribution in [2.45, 2.75) is 26.2 Å². The van der Waals surface area contributed by atoms with Crippen molar-refractivity contribution in [3.05, 3.63) is 29.0 Å². The summed E-state index contributed by atoms with van der Waals surface area (Å²) in [6.07, 6.45) is 3.13. The number of urea groups is 1. The molecule has 4 nitrogen and oxygen atoms in total. The molecule has 2 heterocycles. The lowest BCUT2D eigenvalue weighted by atomic mass is 10.00. The van der Waals surface area contributed by atoms with Crippen molar-refractivity contribution in [3.8, 4) is 0 Å². The predicted octanol–water partition coefficient (Wildman–Crippen LogP) is 3.75. The second-order valence-electron chi connectivity index (χ2n) is 7.05. The van der Waals surface area contributed by atoms with Gasteiger partial charge in [-0.2, -0.15) is 0 Å². The maximum atomic E-state index is 14.0. The van der Waals surface area contributed by atoms with Crippen LogP contribution in [0.5, 0.6) is 0 Å². The highest BCUT2D eigenvalue weighted by molar-refractivity contribution is 6.30. The zero-order valence-corrected chi connectivity index (χ0v) is 14.9. The van der Waals surface area contributed by atoms with Crippen LogP contribution in [-0.2, 0) is 0 Å². The van der Waals surface area contributed by atoms with Gasteiger partial charge in [-0.15, -0.1) is 0 Å².